The SMILES string of the molecule is CC(CCF)ON. The highest BCUT2D eigenvalue weighted by Crippen LogP contribution is 1.91. The van der Waals surface area contributed by atoms with E-state index in [4.69, 9.17) is 5.90 Å². The fraction of sp³-hybridized carbons (Fsp3) is 1.00. The van der Waals surface area contributed by atoms with Crippen LogP contribution >= 0.6 is 0 Å². The third-order valence-corrected chi connectivity index (χ3v) is 0.748. The summed E-state index contributed by atoms with van der Waals surface area (Å²) in [5, 5.41) is 0. The zero-order valence-corrected chi connectivity index (χ0v) is 4.36. The Morgan fingerprint density at radius 2 is 2.43 bits per heavy atom. The maximum Gasteiger partial charge on any atom is 0.0919 e. The number of alkyl halides is 1. The van der Waals surface area contributed by atoms with Crippen LogP contribution in [0.5, 0.6) is 0 Å². The number of nitrogens with two attached hydrogens (primary N) is 1. The number of hydrogen-bond acceptors (Lipinski definition) is 2. The highest BCUT2D eigenvalue weighted by molar-refractivity contribution is 4.43. The summed E-state index contributed by atoms with van der Waals surface area (Å²) in [6, 6.07) is 0. The Hall–Kier alpha value is -0.150. The van der Waals surface area contributed by atoms with Crippen LogP contribution < -0.4 is 5.90 Å². The second-order valence-electron chi connectivity index (χ2n) is 1.42. The van der Waals surface area contributed by atoms with E-state index in [1.54, 1.807) is 6.92 Å². The molecule has 0 aromatic carbocycles. The zero-order valence-electron chi connectivity index (χ0n) is 4.36. The van der Waals surface area contributed by atoms with Crippen molar-refractivity contribution in [2.24, 2.45) is 5.90 Å². The standard InChI is InChI=1S/C4H10FNO/c1-4(7-6)2-3-5/h4H,2-3,6H2,1H3. The van der Waals surface area contributed by atoms with Crippen LogP contribution in [0.4, 0.5) is 4.39 Å². The molecule has 0 radical (unpaired) electrons. The molecule has 2 nitrogen and oxygen atoms in total. The molecule has 3 heteroatoms. The Morgan fingerprint density at radius 1 is 1.86 bits per heavy atom. The maximum absolute atomic E-state index is 11.3. The summed E-state index contributed by atoms with van der Waals surface area (Å²) in [7, 11) is 0. The zero-order chi connectivity index (χ0) is 5.70. The van der Waals surface area contributed by atoms with Crippen molar-refractivity contribution in [2.45, 2.75) is 19.4 Å². The van der Waals surface area contributed by atoms with Gasteiger partial charge in [-0.05, 0) is 6.92 Å². The van der Waals surface area contributed by atoms with E-state index in [-0.39, 0.29) is 12.8 Å². The Bertz CT molecular complexity index is 42.7. The minimum absolute atomic E-state index is 0.148. The molecule has 7 heavy (non-hydrogen) atoms. The van der Waals surface area contributed by atoms with Gasteiger partial charge in [-0.25, -0.2) is 5.90 Å². The Labute approximate surface area is 42.4 Å². The Balaban J connectivity index is 2.83. The topological polar surface area (TPSA) is 35.2 Å². The highest BCUT2D eigenvalue weighted by Gasteiger charge is 1.95. The van der Waals surface area contributed by atoms with Gasteiger partial charge >= 0.3 is 0 Å². The molecule has 0 saturated heterocycles. The van der Waals surface area contributed by atoms with Crippen molar-refractivity contribution in [3.05, 3.63) is 0 Å². The fourth-order valence-corrected chi connectivity index (χ4v) is 0.222. The molecule has 0 aromatic heterocycles. The fourth-order valence-electron chi connectivity index (χ4n) is 0.222. The normalized spacial score (nSPS) is 14.1. The third-order valence-electron chi connectivity index (χ3n) is 0.748. The molecule has 0 aliphatic carbocycles. The van der Waals surface area contributed by atoms with Crippen LogP contribution in [-0.2, 0) is 4.84 Å². The lowest BCUT2D eigenvalue weighted by molar-refractivity contribution is 0.0560. The van der Waals surface area contributed by atoms with Gasteiger partial charge in [0.2, 0.25) is 0 Å². The lowest BCUT2D eigenvalue weighted by Gasteiger charge is -2.02. The van der Waals surface area contributed by atoms with Gasteiger partial charge in [-0.15, -0.1) is 0 Å². The van der Waals surface area contributed by atoms with E-state index in [1.807, 2.05) is 0 Å². The van der Waals surface area contributed by atoms with Crippen molar-refractivity contribution in [3.8, 4) is 0 Å². The predicted octanol–water partition coefficient (Wildman–Crippen LogP) is 0.625. The third kappa shape index (κ3) is 3.69. The maximum atomic E-state index is 11.3. The minimum Gasteiger partial charge on any atom is -0.302 e. The molecule has 0 heterocycles. The molecule has 0 aromatic rings. The van der Waals surface area contributed by atoms with E-state index in [0.29, 0.717) is 6.42 Å². The lowest BCUT2D eigenvalue weighted by atomic mass is 10.3. The van der Waals surface area contributed by atoms with Crippen LogP contribution in [0, 0.1) is 0 Å². The van der Waals surface area contributed by atoms with Crippen molar-refractivity contribution in [1.29, 1.82) is 0 Å². The van der Waals surface area contributed by atoms with E-state index in [1.165, 1.54) is 0 Å². The van der Waals surface area contributed by atoms with Gasteiger partial charge in [0, 0.05) is 6.42 Å². The minimum atomic E-state index is -0.363. The first-order valence-corrected chi connectivity index (χ1v) is 2.22. The van der Waals surface area contributed by atoms with Crippen molar-refractivity contribution in [2.75, 3.05) is 6.67 Å². The predicted molar refractivity (Wildman–Crippen MR) is 25.3 cm³/mol. The van der Waals surface area contributed by atoms with Crippen LogP contribution in [0.25, 0.3) is 0 Å². The van der Waals surface area contributed by atoms with Gasteiger partial charge in [-0.3, -0.25) is 4.39 Å². The summed E-state index contributed by atoms with van der Waals surface area (Å²) in [6.07, 6.45) is 0.237. The van der Waals surface area contributed by atoms with Crippen LogP contribution in [0.15, 0.2) is 0 Å². The summed E-state index contributed by atoms with van der Waals surface area (Å²) in [6.45, 7) is 1.36. The molecule has 0 amide bonds. The second-order valence-corrected chi connectivity index (χ2v) is 1.42. The van der Waals surface area contributed by atoms with Crippen LogP contribution in [0.2, 0.25) is 0 Å². The van der Waals surface area contributed by atoms with E-state index < -0.39 is 0 Å². The average molecular weight is 107 g/mol. The summed E-state index contributed by atoms with van der Waals surface area (Å²) < 4.78 is 11.3. The molecule has 1 atom stereocenters. The largest absolute Gasteiger partial charge is 0.302 e. The highest BCUT2D eigenvalue weighted by atomic mass is 19.1. The van der Waals surface area contributed by atoms with Gasteiger partial charge in [0.05, 0.1) is 12.8 Å². The van der Waals surface area contributed by atoms with E-state index >= 15 is 0 Å². The molecule has 0 bridgehead atoms. The van der Waals surface area contributed by atoms with E-state index in [9.17, 15) is 4.39 Å². The quantitative estimate of drug-likeness (QED) is 0.537. The molecule has 0 aliphatic heterocycles. The molecule has 0 fully saturated rings. The average Bonchev–Trinajstić information content (AvgIpc) is 1.68. The second kappa shape index (κ2) is 4.02. The number of halogens is 1. The number of hydrogen-bond donors (Lipinski definition) is 1. The molecule has 0 saturated carbocycles. The summed E-state index contributed by atoms with van der Waals surface area (Å²) in [5.41, 5.74) is 0. The molecule has 2 N–H and O–H groups in total. The molecule has 0 rings (SSSR count). The Morgan fingerprint density at radius 3 is 2.57 bits per heavy atom. The molecule has 0 spiro atoms. The van der Waals surface area contributed by atoms with Gasteiger partial charge in [0.1, 0.15) is 0 Å². The van der Waals surface area contributed by atoms with Crippen LogP contribution in [-0.4, -0.2) is 12.8 Å². The van der Waals surface area contributed by atoms with Gasteiger partial charge in [0.25, 0.3) is 0 Å². The van der Waals surface area contributed by atoms with Crippen molar-refractivity contribution in [1.82, 2.24) is 0 Å². The summed E-state index contributed by atoms with van der Waals surface area (Å²) in [5.74, 6) is 4.69. The van der Waals surface area contributed by atoms with Gasteiger partial charge in [-0.1, -0.05) is 0 Å². The first kappa shape index (κ1) is 6.85. The lowest BCUT2D eigenvalue weighted by Crippen LogP contribution is -2.13. The molecular weight excluding hydrogens is 97.0 g/mol. The Kier molecular flexibility index (Phi) is 3.93. The van der Waals surface area contributed by atoms with Crippen LogP contribution in [0.3, 0.4) is 0 Å². The van der Waals surface area contributed by atoms with E-state index in [0.717, 1.165) is 0 Å². The first-order chi connectivity index (χ1) is 3.31. The van der Waals surface area contributed by atoms with Crippen molar-refractivity contribution in [3.63, 3.8) is 0 Å². The smallest absolute Gasteiger partial charge is 0.0919 e. The molecule has 44 valence electrons. The van der Waals surface area contributed by atoms with Crippen molar-refractivity contribution >= 4 is 0 Å². The van der Waals surface area contributed by atoms with Gasteiger partial charge < -0.3 is 4.84 Å². The van der Waals surface area contributed by atoms with Gasteiger partial charge in [0.15, 0.2) is 0 Å². The summed E-state index contributed by atoms with van der Waals surface area (Å²) >= 11 is 0. The number of rotatable bonds is 3. The molecule has 0 aliphatic rings. The first-order valence-electron chi connectivity index (χ1n) is 2.22. The molecular formula is C4H10FNO. The monoisotopic (exact) mass is 107 g/mol. The molecule has 1 unspecified atom stereocenters. The summed E-state index contributed by atoms with van der Waals surface area (Å²) in [4.78, 5) is 4.25. The van der Waals surface area contributed by atoms with Crippen molar-refractivity contribution < 1.29 is 9.23 Å². The van der Waals surface area contributed by atoms with Crippen LogP contribution in [0.1, 0.15) is 13.3 Å². The van der Waals surface area contributed by atoms with E-state index in [2.05, 4.69) is 4.84 Å². The van der Waals surface area contributed by atoms with Gasteiger partial charge in [-0.2, -0.15) is 0 Å².